The van der Waals surface area contributed by atoms with Crippen molar-refractivity contribution in [3.8, 4) is 0 Å². The van der Waals surface area contributed by atoms with Crippen molar-refractivity contribution >= 4 is 10.0 Å². The van der Waals surface area contributed by atoms with Gasteiger partial charge in [0.1, 0.15) is 0 Å². The second-order valence-electron chi connectivity index (χ2n) is 5.67. The van der Waals surface area contributed by atoms with E-state index < -0.39 is 16.1 Å². The highest BCUT2D eigenvalue weighted by atomic mass is 32.2. The second-order valence-corrected chi connectivity index (χ2v) is 7.47. The number of hydrogen-bond acceptors (Lipinski definition) is 3. The third kappa shape index (κ3) is 4.30. The second kappa shape index (κ2) is 6.70. The lowest BCUT2D eigenvalue weighted by Gasteiger charge is -2.28. The first-order chi connectivity index (χ1) is 9.48. The molecule has 0 amide bonds. The molecule has 0 heterocycles. The summed E-state index contributed by atoms with van der Waals surface area (Å²) >= 11 is 0. The minimum atomic E-state index is -3.37. The molecule has 1 aliphatic rings. The van der Waals surface area contributed by atoms with E-state index in [-0.39, 0.29) is 17.7 Å². The molecule has 1 aromatic carbocycles. The molecule has 2 N–H and O–H groups in total. The van der Waals surface area contributed by atoms with Gasteiger partial charge in [0, 0.05) is 6.04 Å². The van der Waals surface area contributed by atoms with E-state index in [1.807, 2.05) is 37.3 Å². The van der Waals surface area contributed by atoms with E-state index in [0.717, 1.165) is 24.8 Å². The summed E-state index contributed by atoms with van der Waals surface area (Å²) in [5, 5.41) is 9.86. The average molecular weight is 297 g/mol. The number of aliphatic hydroxyl groups is 1. The topological polar surface area (TPSA) is 66.4 Å². The SMILES string of the molecule is CC(CS(=O)(=O)N[C@@H]1CCCC[C@H]1O)c1ccccc1. The van der Waals surface area contributed by atoms with Crippen molar-refractivity contribution in [2.75, 3.05) is 5.75 Å². The first kappa shape index (κ1) is 15.5. The Morgan fingerprint density at radius 1 is 1.25 bits per heavy atom. The molecule has 0 spiro atoms. The van der Waals surface area contributed by atoms with Crippen molar-refractivity contribution in [3.63, 3.8) is 0 Å². The maximum Gasteiger partial charge on any atom is 0.212 e. The van der Waals surface area contributed by atoms with E-state index in [1.165, 1.54) is 0 Å². The molecule has 1 fully saturated rings. The lowest BCUT2D eigenvalue weighted by atomic mass is 9.93. The van der Waals surface area contributed by atoms with Crippen LogP contribution in [0.15, 0.2) is 30.3 Å². The molecule has 1 aromatic rings. The van der Waals surface area contributed by atoms with Gasteiger partial charge in [-0.05, 0) is 24.3 Å². The maximum absolute atomic E-state index is 12.2. The average Bonchev–Trinajstić information content (AvgIpc) is 2.41. The molecule has 0 bridgehead atoms. The molecule has 4 nitrogen and oxygen atoms in total. The van der Waals surface area contributed by atoms with Gasteiger partial charge in [-0.2, -0.15) is 0 Å². The molecule has 1 aliphatic carbocycles. The summed E-state index contributed by atoms with van der Waals surface area (Å²) in [5.74, 6) is -0.00492. The lowest BCUT2D eigenvalue weighted by molar-refractivity contribution is 0.101. The molecule has 1 unspecified atom stereocenters. The Morgan fingerprint density at radius 3 is 2.55 bits per heavy atom. The predicted molar refractivity (Wildman–Crippen MR) is 80.0 cm³/mol. The van der Waals surface area contributed by atoms with Crippen LogP contribution in [-0.4, -0.2) is 31.4 Å². The molecular weight excluding hydrogens is 274 g/mol. The predicted octanol–water partition coefficient (Wildman–Crippen LogP) is 2.01. The van der Waals surface area contributed by atoms with Crippen LogP contribution in [0.1, 0.15) is 44.1 Å². The zero-order chi connectivity index (χ0) is 14.6. The number of benzene rings is 1. The Morgan fingerprint density at radius 2 is 1.90 bits per heavy atom. The van der Waals surface area contributed by atoms with Crippen LogP contribution in [0.3, 0.4) is 0 Å². The van der Waals surface area contributed by atoms with Crippen LogP contribution < -0.4 is 4.72 Å². The Balaban J connectivity index is 1.97. The van der Waals surface area contributed by atoms with Gasteiger partial charge in [0.25, 0.3) is 0 Å². The summed E-state index contributed by atoms with van der Waals surface area (Å²) in [4.78, 5) is 0. The zero-order valence-corrected chi connectivity index (χ0v) is 12.6. The summed E-state index contributed by atoms with van der Waals surface area (Å²) in [7, 11) is -3.37. The Bertz CT molecular complexity index is 515. The van der Waals surface area contributed by atoms with Crippen molar-refractivity contribution in [1.82, 2.24) is 4.72 Å². The minimum absolute atomic E-state index is 0.0558. The summed E-state index contributed by atoms with van der Waals surface area (Å²) in [6.07, 6.45) is 2.80. The molecule has 112 valence electrons. The van der Waals surface area contributed by atoms with Gasteiger partial charge in [-0.15, -0.1) is 0 Å². The number of aliphatic hydroxyl groups excluding tert-OH is 1. The molecule has 0 aromatic heterocycles. The molecule has 20 heavy (non-hydrogen) atoms. The molecule has 3 atom stereocenters. The largest absolute Gasteiger partial charge is 0.391 e. The van der Waals surface area contributed by atoms with Crippen LogP contribution >= 0.6 is 0 Å². The standard InChI is InChI=1S/C15H23NO3S/c1-12(13-7-3-2-4-8-13)11-20(18,19)16-14-9-5-6-10-15(14)17/h2-4,7-8,12,14-17H,5-6,9-11H2,1H3/t12?,14-,15-/m1/s1. The van der Waals surface area contributed by atoms with Gasteiger partial charge in [-0.1, -0.05) is 50.1 Å². The van der Waals surface area contributed by atoms with Gasteiger partial charge in [0.2, 0.25) is 10.0 Å². The highest BCUT2D eigenvalue weighted by Gasteiger charge is 2.28. The van der Waals surface area contributed by atoms with Gasteiger partial charge in [-0.3, -0.25) is 0 Å². The number of rotatable bonds is 5. The summed E-state index contributed by atoms with van der Waals surface area (Å²) in [5.41, 5.74) is 1.02. The molecule has 2 rings (SSSR count). The summed E-state index contributed by atoms with van der Waals surface area (Å²) in [6.45, 7) is 1.91. The van der Waals surface area contributed by atoms with Crippen molar-refractivity contribution < 1.29 is 13.5 Å². The van der Waals surface area contributed by atoms with Crippen LogP contribution in [0.25, 0.3) is 0 Å². The fourth-order valence-electron chi connectivity index (χ4n) is 2.73. The van der Waals surface area contributed by atoms with Crippen molar-refractivity contribution in [2.24, 2.45) is 0 Å². The van der Waals surface area contributed by atoms with Crippen molar-refractivity contribution in [3.05, 3.63) is 35.9 Å². The Hall–Kier alpha value is -0.910. The molecule has 0 aliphatic heterocycles. The van der Waals surface area contributed by atoms with Crippen LogP contribution in [-0.2, 0) is 10.0 Å². The highest BCUT2D eigenvalue weighted by molar-refractivity contribution is 7.89. The van der Waals surface area contributed by atoms with Crippen LogP contribution in [0.2, 0.25) is 0 Å². The monoisotopic (exact) mass is 297 g/mol. The molecule has 0 saturated heterocycles. The smallest absolute Gasteiger partial charge is 0.212 e. The highest BCUT2D eigenvalue weighted by Crippen LogP contribution is 2.21. The fourth-order valence-corrected chi connectivity index (χ4v) is 4.42. The quantitative estimate of drug-likeness (QED) is 0.873. The van der Waals surface area contributed by atoms with E-state index >= 15 is 0 Å². The first-order valence-corrected chi connectivity index (χ1v) is 8.86. The van der Waals surface area contributed by atoms with Gasteiger partial charge in [0.05, 0.1) is 11.9 Å². The Labute approximate surface area is 121 Å². The summed E-state index contributed by atoms with van der Waals surface area (Å²) < 4.78 is 27.1. The van der Waals surface area contributed by atoms with E-state index in [9.17, 15) is 13.5 Å². The summed E-state index contributed by atoms with van der Waals surface area (Å²) in [6, 6.07) is 9.30. The fraction of sp³-hybridized carbons (Fsp3) is 0.600. The normalized spacial score (nSPS) is 25.3. The Kier molecular flexibility index (Phi) is 5.18. The van der Waals surface area contributed by atoms with Crippen LogP contribution in [0.4, 0.5) is 0 Å². The van der Waals surface area contributed by atoms with E-state index in [1.54, 1.807) is 0 Å². The van der Waals surface area contributed by atoms with Crippen LogP contribution in [0.5, 0.6) is 0 Å². The van der Waals surface area contributed by atoms with Gasteiger partial charge >= 0.3 is 0 Å². The van der Waals surface area contributed by atoms with E-state index in [0.29, 0.717) is 6.42 Å². The molecule has 5 heteroatoms. The van der Waals surface area contributed by atoms with E-state index in [2.05, 4.69) is 4.72 Å². The first-order valence-electron chi connectivity index (χ1n) is 7.21. The lowest BCUT2D eigenvalue weighted by Crippen LogP contribution is -2.46. The zero-order valence-electron chi connectivity index (χ0n) is 11.8. The number of nitrogens with one attached hydrogen (secondary N) is 1. The third-order valence-corrected chi connectivity index (χ3v) is 5.50. The number of sulfonamides is 1. The molecular formula is C15H23NO3S. The van der Waals surface area contributed by atoms with Gasteiger partial charge in [0.15, 0.2) is 0 Å². The van der Waals surface area contributed by atoms with Gasteiger partial charge < -0.3 is 5.11 Å². The molecule has 0 radical (unpaired) electrons. The van der Waals surface area contributed by atoms with E-state index in [4.69, 9.17) is 0 Å². The minimum Gasteiger partial charge on any atom is -0.391 e. The van der Waals surface area contributed by atoms with Crippen molar-refractivity contribution in [1.29, 1.82) is 0 Å². The third-order valence-electron chi connectivity index (χ3n) is 3.90. The van der Waals surface area contributed by atoms with Gasteiger partial charge in [-0.25, -0.2) is 13.1 Å². The molecule has 1 saturated carbocycles. The van der Waals surface area contributed by atoms with Crippen LogP contribution in [0, 0.1) is 0 Å². The number of hydrogen-bond donors (Lipinski definition) is 2. The maximum atomic E-state index is 12.2. The van der Waals surface area contributed by atoms with Crippen molar-refractivity contribution in [2.45, 2.75) is 50.7 Å².